The number of pyridine rings is 1. The lowest BCUT2D eigenvalue weighted by atomic mass is 10.0. The predicted molar refractivity (Wildman–Crippen MR) is 133 cm³/mol. The molecule has 3 aromatic carbocycles. The summed E-state index contributed by atoms with van der Waals surface area (Å²) < 4.78 is 66.1. The number of sulfonamides is 1. The number of hydrogen-bond acceptors (Lipinski definition) is 7. The quantitative estimate of drug-likeness (QED) is 0.299. The number of ether oxygens (including phenoxy) is 2. The molecule has 0 atom stereocenters. The van der Waals surface area contributed by atoms with Crippen LogP contribution in [-0.4, -0.2) is 30.5 Å². The summed E-state index contributed by atoms with van der Waals surface area (Å²) in [6, 6.07) is 16.0. The fourth-order valence-corrected chi connectivity index (χ4v) is 4.74. The van der Waals surface area contributed by atoms with E-state index < -0.39 is 21.7 Å². The van der Waals surface area contributed by atoms with Crippen molar-refractivity contribution in [2.24, 2.45) is 0 Å². The molecule has 2 aromatic heterocycles. The van der Waals surface area contributed by atoms with Crippen molar-refractivity contribution < 1.29 is 26.7 Å². The first kappa shape index (κ1) is 24.1. The van der Waals surface area contributed by atoms with E-state index in [1.807, 2.05) is 0 Å². The summed E-state index contributed by atoms with van der Waals surface area (Å²) in [6.45, 7) is 0. The van der Waals surface area contributed by atoms with Gasteiger partial charge < -0.3 is 9.47 Å². The first-order chi connectivity index (χ1) is 17.8. The molecule has 2 heterocycles. The third-order valence-electron chi connectivity index (χ3n) is 5.42. The standard InChI is InChI=1S/C26H18F2N4O4S/c1-35-24-14-18(36-17-3-7-22(27)23(28)13-17)2-5-21(24)26-20-6-4-19(12-16(20)8-11-30-26)37(33,34)32-25-9-10-29-15-31-25/h2-15H,1H3,(H,29,31,32). The van der Waals surface area contributed by atoms with Crippen LogP contribution in [0.1, 0.15) is 0 Å². The van der Waals surface area contributed by atoms with E-state index in [0.29, 0.717) is 33.5 Å². The Morgan fingerprint density at radius 1 is 0.838 bits per heavy atom. The maximum atomic E-state index is 13.5. The number of hydrogen-bond donors (Lipinski definition) is 1. The van der Waals surface area contributed by atoms with Crippen molar-refractivity contribution in [2.75, 3.05) is 11.8 Å². The van der Waals surface area contributed by atoms with Crippen molar-refractivity contribution in [1.82, 2.24) is 15.0 Å². The highest BCUT2D eigenvalue weighted by Gasteiger charge is 2.18. The topological polar surface area (TPSA) is 103 Å². The average molecular weight is 521 g/mol. The minimum absolute atomic E-state index is 0.0537. The molecule has 8 nitrogen and oxygen atoms in total. The van der Waals surface area contributed by atoms with Crippen molar-refractivity contribution in [3.8, 4) is 28.5 Å². The van der Waals surface area contributed by atoms with Crippen LogP contribution in [0.15, 0.2) is 90.3 Å². The largest absolute Gasteiger partial charge is 0.496 e. The fourth-order valence-electron chi connectivity index (χ4n) is 3.69. The highest BCUT2D eigenvalue weighted by atomic mass is 32.2. The molecule has 5 aromatic rings. The summed E-state index contributed by atoms with van der Waals surface area (Å²) in [5, 5.41) is 1.33. The zero-order chi connectivity index (χ0) is 26.0. The van der Waals surface area contributed by atoms with E-state index in [9.17, 15) is 17.2 Å². The van der Waals surface area contributed by atoms with E-state index in [2.05, 4.69) is 19.7 Å². The van der Waals surface area contributed by atoms with Gasteiger partial charge in [-0.2, -0.15) is 0 Å². The second kappa shape index (κ2) is 9.78. The van der Waals surface area contributed by atoms with Gasteiger partial charge in [-0.05, 0) is 53.9 Å². The molecule has 0 bridgehead atoms. The summed E-state index contributed by atoms with van der Waals surface area (Å²) in [7, 11) is -2.41. The molecule has 11 heteroatoms. The Bertz CT molecular complexity index is 1720. The highest BCUT2D eigenvalue weighted by Crippen LogP contribution is 2.37. The number of aromatic nitrogens is 3. The minimum Gasteiger partial charge on any atom is -0.496 e. The van der Waals surface area contributed by atoms with Gasteiger partial charge in [0.15, 0.2) is 11.6 Å². The number of fused-ring (bicyclic) bond motifs is 1. The summed E-state index contributed by atoms with van der Waals surface area (Å²) in [5.74, 6) is -0.946. The molecule has 0 aliphatic rings. The molecule has 37 heavy (non-hydrogen) atoms. The molecular weight excluding hydrogens is 502 g/mol. The number of halogens is 2. The lowest BCUT2D eigenvalue weighted by Crippen LogP contribution is -2.13. The Labute approximate surface area is 210 Å². The van der Waals surface area contributed by atoms with Crippen LogP contribution in [0.2, 0.25) is 0 Å². The molecule has 0 unspecified atom stereocenters. The Morgan fingerprint density at radius 3 is 2.41 bits per heavy atom. The van der Waals surface area contributed by atoms with Crippen LogP contribution in [0.3, 0.4) is 0 Å². The second-order valence-electron chi connectivity index (χ2n) is 7.78. The summed E-state index contributed by atoms with van der Waals surface area (Å²) in [4.78, 5) is 12.2. The molecule has 0 fully saturated rings. The molecule has 0 aliphatic heterocycles. The molecule has 5 rings (SSSR count). The Morgan fingerprint density at radius 2 is 1.65 bits per heavy atom. The normalized spacial score (nSPS) is 11.3. The summed E-state index contributed by atoms with van der Waals surface area (Å²) in [5.41, 5.74) is 1.18. The van der Waals surface area contributed by atoms with E-state index in [1.165, 1.54) is 43.9 Å². The first-order valence-corrected chi connectivity index (χ1v) is 12.3. The smallest absolute Gasteiger partial charge is 0.263 e. The first-order valence-electron chi connectivity index (χ1n) is 10.8. The van der Waals surface area contributed by atoms with Gasteiger partial charge in [0.2, 0.25) is 0 Å². The number of benzene rings is 3. The van der Waals surface area contributed by atoms with Crippen LogP contribution >= 0.6 is 0 Å². The molecular formula is C26H18F2N4O4S. The molecule has 0 saturated carbocycles. The van der Waals surface area contributed by atoms with Crippen molar-refractivity contribution in [3.63, 3.8) is 0 Å². The Kier molecular flexibility index (Phi) is 6.36. The van der Waals surface area contributed by atoms with Gasteiger partial charge in [-0.1, -0.05) is 6.07 Å². The average Bonchev–Trinajstić information content (AvgIpc) is 2.90. The zero-order valence-corrected chi connectivity index (χ0v) is 20.0. The van der Waals surface area contributed by atoms with Crippen molar-refractivity contribution >= 4 is 26.6 Å². The third-order valence-corrected chi connectivity index (χ3v) is 6.77. The van der Waals surface area contributed by atoms with Crippen molar-refractivity contribution in [3.05, 3.63) is 97.1 Å². The van der Waals surface area contributed by atoms with E-state index in [1.54, 1.807) is 36.5 Å². The van der Waals surface area contributed by atoms with Gasteiger partial charge in [-0.3, -0.25) is 9.71 Å². The molecule has 0 spiro atoms. The van der Waals surface area contributed by atoms with Crippen molar-refractivity contribution in [2.45, 2.75) is 4.90 Å². The monoisotopic (exact) mass is 520 g/mol. The lowest BCUT2D eigenvalue weighted by molar-refractivity contribution is 0.410. The third kappa shape index (κ3) is 5.02. The molecule has 0 saturated heterocycles. The molecule has 1 N–H and O–H groups in total. The maximum Gasteiger partial charge on any atom is 0.263 e. The van der Waals surface area contributed by atoms with Gasteiger partial charge in [0.05, 0.1) is 17.7 Å². The molecule has 0 amide bonds. The van der Waals surface area contributed by atoms with Crippen LogP contribution in [0.5, 0.6) is 17.2 Å². The van der Waals surface area contributed by atoms with Crippen LogP contribution in [0, 0.1) is 11.6 Å². The minimum atomic E-state index is -3.89. The Balaban J connectivity index is 1.49. The van der Waals surface area contributed by atoms with E-state index in [-0.39, 0.29) is 16.5 Å². The molecule has 186 valence electrons. The van der Waals surface area contributed by atoms with E-state index >= 15 is 0 Å². The molecule has 0 radical (unpaired) electrons. The van der Waals surface area contributed by atoms with Crippen LogP contribution in [0.25, 0.3) is 22.0 Å². The predicted octanol–water partition coefficient (Wildman–Crippen LogP) is 5.57. The van der Waals surface area contributed by atoms with Crippen LogP contribution in [-0.2, 0) is 10.0 Å². The van der Waals surface area contributed by atoms with E-state index in [0.717, 1.165) is 12.1 Å². The number of nitrogens with one attached hydrogen (secondary N) is 1. The maximum absolute atomic E-state index is 13.5. The number of nitrogens with zero attached hydrogens (tertiary/aromatic N) is 3. The van der Waals surface area contributed by atoms with Gasteiger partial charge in [0, 0.05) is 35.5 Å². The number of rotatable bonds is 7. The fraction of sp³-hybridized carbons (Fsp3) is 0.0385. The number of anilines is 1. The molecule has 0 aliphatic carbocycles. The SMILES string of the molecule is COc1cc(Oc2ccc(F)c(F)c2)ccc1-c1nccc2cc(S(=O)(=O)Nc3ccncn3)ccc12. The van der Waals surface area contributed by atoms with Gasteiger partial charge >= 0.3 is 0 Å². The number of methoxy groups -OCH3 is 1. The zero-order valence-electron chi connectivity index (χ0n) is 19.2. The summed E-state index contributed by atoms with van der Waals surface area (Å²) in [6.07, 6.45) is 4.25. The van der Waals surface area contributed by atoms with Crippen LogP contribution in [0.4, 0.5) is 14.6 Å². The van der Waals surface area contributed by atoms with E-state index in [4.69, 9.17) is 9.47 Å². The second-order valence-corrected chi connectivity index (χ2v) is 9.47. The van der Waals surface area contributed by atoms with Gasteiger partial charge in [-0.15, -0.1) is 0 Å². The van der Waals surface area contributed by atoms with Gasteiger partial charge in [0.25, 0.3) is 10.0 Å². The van der Waals surface area contributed by atoms with Crippen LogP contribution < -0.4 is 14.2 Å². The van der Waals surface area contributed by atoms with Crippen molar-refractivity contribution in [1.29, 1.82) is 0 Å². The van der Waals surface area contributed by atoms with Gasteiger partial charge in [-0.25, -0.2) is 27.2 Å². The van der Waals surface area contributed by atoms with Gasteiger partial charge in [0.1, 0.15) is 29.4 Å². The Hall–Kier alpha value is -4.64. The lowest BCUT2D eigenvalue weighted by Gasteiger charge is -2.14. The summed E-state index contributed by atoms with van der Waals surface area (Å²) >= 11 is 0. The highest BCUT2D eigenvalue weighted by molar-refractivity contribution is 7.92.